The van der Waals surface area contributed by atoms with Crippen LogP contribution >= 0.6 is 0 Å². The van der Waals surface area contributed by atoms with Gasteiger partial charge in [0.1, 0.15) is 5.75 Å². The number of hydrogen-bond donors (Lipinski definition) is 2. The van der Waals surface area contributed by atoms with Crippen LogP contribution in [0.15, 0.2) is 24.3 Å². The van der Waals surface area contributed by atoms with Crippen LogP contribution in [0, 0.1) is 17.8 Å². The van der Waals surface area contributed by atoms with Gasteiger partial charge in [-0.15, -0.1) is 0 Å². The van der Waals surface area contributed by atoms with Crippen LogP contribution in [0.1, 0.15) is 97.0 Å². The van der Waals surface area contributed by atoms with Crippen molar-refractivity contribution in [2.45, 2.75) is 103 Å². The van der Waals surface area contributed by atoms with E-state index in [4.69, 9.17) is 10.5 Å². The Morgan fingerprint density at radius 1 is 1.03 bits per heavy atom. The molecule has 2 rings (SSSR count). The lowest BCUT2D eigenvalue weighted by atomic mass is 9.75. The molecule has 1 saturated carbocycles. The summed E-state index contributed by atoms with van der Waals surface area (Å²) in [6.45, 7) is 7.90. The highest BCUT2D eigenvalue weighted by Gasteiger charge is 2.30. The van der Waals surface area contributed by atoms with Crippen LogP contribution in [0.5, 0.6) is 5.75 Å². The molecule has 0 bridgehead atoms. The summed E-state index contributed by atoms with van der Waals surface area (Å²) in [4.78, 5) is 0. The molecule has 2 unspecified atom stereocenters. The first-order valence-electron chi connectivity index (χ1n) is 12.5. The topological polar surface area (TPSA) is 55.5 Å². The fourth-order valence-corrected chi connectivity index (χ4v) is 4.47. The number of aliphatic hydroxyl groups excluding tert-OH is 1. The maximum atomic E-state index is 9.77. The number of rotatable bonds is 16. The van der Waals surface area contributed by atoms with Gasteiger partial charge in [0.2, 0.25) is 0 Å². The molecule has 0 heterocycles. The molecule has 30 heavy (non-hydrogen) atoms. The van der Waals surface area contributed by atoms with Gasteiger partial charge in [-0.1, -0.05) is 77.8 Å². The number of hydrogen-bond acceptors (Lipinski definition) is 3. The summed E-state index contributed by atoms with van der Waals surface area (Å²) in [6.07, 6.45) is 14.4. The molecule has 3 N–H and O–H groups in total. The van der Waals surface area contributed by atoms with Crippen molar-refractivity contribution in [2.75, 3.05) is 13.2 Å². The fraction of sp³-hybridized carbons (Fsp3) is 0.778. The lowest BCUT2D eigenvalue weighted by molar-refractivity contribution is 0.135. The van der Waals surface area contributed by atoms with Crippen LogP contribution in [0.4, 0.5) is 0 Å². The Morgan fingerprint density at radius 2 is 1.73 bits per heavy atom. The number of benzene rings is 1. The Balaban J connectivity index is 1.59. The zero-order valence-electron chi connectivity index (χ0n) is 19.9. The largest absolute Gasteiger partial charge is 0.494 e. The predicted octanol–water partition coefficient (Wildman–Crippen LogP) is 6.51. The first-order chi connectivity index (χ1) is 14.4. The van der Waals surface area contributed by atoms with Crippen molar-refractivity contribution in [3.63, 3.8) is 0 Å². The van der Waals surface area contributed by atoms with Crippen LogP contribution in [0.25, 0.3) is 0 Å². The van der Waals surface area contributed by atoms with E-state index in [1.807, 2.05) is 0 Å². The standard InChI is InChI=1S/C27H47NO2/c1-22(2)8-6-10-23(3)9-4-5-19-30-26-15-13-24(14-16-26)17-18-27(28,21-29)20-25-11-7-12-25/h13-16,22-23,25,29H,4-12,17-21,28H2,1-3H3. The van der Waals surface area contributed by atoms with E-state index in [-0.39, 0.29) is 6.61 Å². The van der Waals surface area contributed by atoms with Gasteiger partial charge in [0.25, 0.3) is 0 Å². The molecule has 172 valence electrons. The molecule has 0 aromatic heterocycles. The second-order valence-electron chi connectivity index (χ2n) is 10.4. The summed E-state index contributed by atoms with van der Waals surface area (Å²) in [5, 5.41) is 9.77. The molecule has 1 aromatic rings. The molecule has 0 amide bonds. The number of aryl methyl sites for hydroxylation is 1. The minimum Gasteiger partial charge on any atom is -0.494 e. The zero-order chi connectivity index (χ0) is 21.8. The molecule has 0 aliphatic heterocycles. The van der Waals surface area contributed by atoms with Gasteiger partial charge < -0.3 is 15.6 Å². The van der Waals surface area contributed by atoms with E-state index < -0.39 is 5.54 Å². The molecule has 0 spiro atoms. The molecule has 0 radical (unpaired) electrons. The number of aliphatic hydroxyl groups is 1. The number of unbranched alkanes of at least 4 members (excludes halogenated alkanes) is 1. The summed E-state index contributed by atoms with van der Waals surface area (Å²) < 4.78 is 5.93. The van der Waals surface area contributed by atoms with Gasteiger partial charge in [0.15, 0.2) is 0 Å². The Hall–Kier alpha value is -1.06. The van der Waals surface area contributed by atoms with Crippen molar-refractivity contribution >= 4 is 0 Å². The van der Waals surface area contributed by atoms with Crippen molar-refractivity contribution in [1.82, 2.24) is 0 Å². The molecule has 1 aliphatic carbocycles. The summed E-state index contributed by atoms with van der Waals surface area (Å²) in [5.74, 6) is 3.35. The number of ether oxygens (including phenoxy) is 1. The van der Waals surface area contributed by atoms with E-state index in [2.05, 4.69) is 45.0 Å². The van der Waals surface area contributed by atoms with Crippen molar-refractivity contribution in [2.24, 2.45) is 23.5 Å². The van der Waals surface area contributed by atoms with E-state index >= 15 is 0 Å². The minimum absolute atomic E-state index is 0.0844. The molecule has 1 fully saturated rings. The Morgan fingerprint density at radius 3 is 2.33 bits per heavy atom. The summed E-state index contributed by atoms with van der Waals surface area (Å²) in [7, 11) is 0. The SMILES string of the molecule is CC(C)CCCC(C)CCCCOc1ccc(CCC(N)(CO)CC2CCC2)cc1. The second kappa shape index (κ2) is 13.4. The molecule has 3 nitrogen and oxygen atoms in total. The maximum absolute atomic E-state index is 9.77. The third-order valence-corrected chi connectivity index (χ3v) is 6.91. The molecule has 1 aromatic carbocycles. The van der Waals surface area contributed by atoms with Crippen LogP contribution < -0.4 is 10.5 Å². The average molecular weight is 418 g/mol. The lowest BCUT2D eigenvalue weighted by Gasteiger charge is -2.35. The van der Waals surface area contributed by atoms with Crippen LogP contribution in [-0.2, 0) is 6.42 Å². The highest BCUT2D eigenvalue weighted by atomic mass is 16.5. The van der Waals surface area contributed by atoms with Gasteiger partial charge in [-0.3, -0.25) is 0 Å². The van der Waals surface area contributed by atoms with E-state index in [0.717, 1.165) is 55.8 Å². The first kappa shape index (κ1) is 25.2. The van der Waals surface area contributed by atoms with Crippen molar-refractivity contribution in [1.29, 1.82) is 0 Å². The summed E-state index contributed by atoms with van der Waals surface area (Å²) in [5.41, 5.74) is 7.31. The summed E-state index contributed by atoms with van der Waals surface area (Å²) in [6, 6.07) is 8.44. The summed E-state index contributed by atoms with van der Waals surface area (Å²) >= 11 is 0. The van der Waals surface area contributed by atoms with Gasteiger partial charge in [0, 0.05) is 5.54 Å². The van der Waals surface area contributed by atoms with Crippen molar-refractivity contribution in [3.8, 4) is 5.75 Å². The molecule has 2 atom stereocenters. The second-order valence-corrected chi connectivity index (χ2v) is 10.4. The zero-order valence-corrected chi connectivity index (χ0v) is 19.9. The highest BCUT2D eigenvalue weighted by Crippen LogP contribution is 2.34. The smallest absolute Gasteiger partial charge is 0.119 e. The minimum atomic E-state index is -0.424. The van der Waals surface area contributed by atoms with Gasteiger partial charge in [-0.05, 0) is 67.6 Å². The average Bonchev–Trinajstić information content (AvgIpc) is 2.70. The van der Waals surface area contributed by atoms with Crippen LogP contribution in [0.2, 0.25) is 0 Å². The predicted molar refractivity (Wildman–Crippen MR) is 128 cm³/mol. The normalized spacial score (nSPS) is 17.5. The quantitative estimate of drug-likeness (QED) is 0.301. The Kier molecular flexibility index (Phi) is 11.2. The van der Waals surface area contributed by atoms with Crippen molar-refractivity contribution < 1.29 is 9.84 Å². The molecular weight excluding hydrogens is 370 g/mol. The van der Waals surface area contributed by atoms with Gasteiger partial charge >= 0.3 is 0 Å². The fourth-order valence-electron chi connectivity index (χ4n) is 4.47. The third-order valence-electron chi connectivity index (χ3n) is 6.91. The van der Waals surface area contributed by atoms with Crippen LogP contribution in [0.3, 0.4) is 0 Å². The maximum Gasteiger partial charge on any atom is 0.119 e. The lowest BCUT2D eigenvalue weighted by Crippen LogP contribution is -2.46. The molecule has 3 heteroatoms. The van der Waals surface area contributed by atoms with Gasteiger partial charge in [0.05, 0.1) is 13.2 Å². The Labute approximate surface area is 185 Å². The Bertz CT molecular complexity index is 567. The number of nitrogens with two attached hydrogens (primary N) is 1. The molecule has 0 saturated heterocycles. The monoisotopic (exact) mass is 417 g/mol. The van der Waals surface area contributed by atoms with E-state index in [0.29, 0.717) is 0 Å². The van der Waals surface area contributed by atoms with Gasteiger partial charge in [-0.25, -0.2) is 0 Å². The highest BCUT2D eigenvalue weighted by molar-refractivity contribution is 5.27. The molecule has 1 aliphatic rings. The van der Waals surface area contributed by atoms with E-state index in [1.54, 1.807) is 0 Å². The van der Waals surface area contributed by atoms with Crippen molar-refractivity contribution in [3.05, 3.63) is 29.8 Å². The first-order valence-corrected chi connectivity index (χ1v) is 12.5. The van der Waals surface area contributed by atoms with E-state index in [9.17, 15) is 5.11 Å². The van der Waals surface area contributed by atoms with Crippen LogP contribution in [-0.4, -0.2) is 23.9 Å². The van der Waals surface area contributed by atoms with E-state index in [1.165, 1.54) is 56.9 Å². The third kappa shape index (κ3) is 9.83. The molecular formula is C27H47NO2. The van der Waals surface area contributed by atoms with Gasteiger partial charge in [-0.2, -0.15) is 0 Å².